The summed E-state index contributed by atoms with van der Waals surface area (Å²) >= 11 is 7.31. The maximum absolute atomic E-state index is 13.0. The predicted molar refractivity (Wildman–Crippen MR) is 127 cm³/mol. The molecule has 1 atom stereocenters. The third kappa shape index (κ3) is 5.45. The number of nitro benzene ring substituents is 1. The van der Waals surface area contributed by atoms with E-state index in [0.29, 0.717) is 17.5 Å². The maximum Gasteiger partial charge on any atom is 0.271 e. The molecule has 0 aromatic heterocycles. The van der Waals surface area contributed by atoms with Crippen molar-refractivity contribution in [2.24, 2.45) is 4.99 Å². The number of amidine groups is 1. The second-order valence-electron chi connectivity index (χ2n) is 7.54. The number of amides is 2. The summed E-state index contributed by atoms with van der Waals surface area (Å²) in [5.41, 5.74) is 0.632. The quantitative estimate of drug-likeness (QED) is 0.423. The lowest BCUT2D eigenvalue weighted by Crippen LogP contribution is -2.35. The molecule has 172 valence electrons. The van der Waals surface area contributed by atoms with Crippen LogP contribution in [0.3, 0.4) is 0 Å². The molecule has 0 spiro atoms. The summed E-state index contributed by atoms with van der Waals surface area (Å²) in [6.45, 7) is 2.48. The fraction of sp³-hybridized carbons (Fsp3) is 0.318. The minimum atomic E-state index is -0.635. The average Bonchev–Trinajstić information content (AvgIpc) is 3.56. The molecule has 1 saturated carbocycles. The molecule has 1 aliphatic heterocycles. The zero-order valence-corrected chi connectivity index (χ0v) is 19.3. The van der Waals surface area contributed by atoms with Crippen LogP contribution in [0.5, 0.6) is 5.75 Å². The van der Waals surface area contributed by atoms with E-state index in [-0.39, 0.29) is 34.8 Å². The molecular formula is C22H21ClN4O5S. The first-order valence-electron chi connectivity index (χ1n) is 10.4. The zero-order chi connectivity index (χ0) is 23.5. The Morgan fingerprint density at radius 2 is 2.03 bits per heavy atom. The Kier molecular flexibility index (Phi) is 6.85. The van der Waals surface area contributed by atoms with Gasteiger partial charge in [0.1, 0.15) is 11.0 Å². The molecule has 1 saturated heterocycles. The molecule has 11 heteroatoms. The summed E-state index contributed by atoms with van der Waals surface area (Å²) in [5.74, 6) is 0.124. The summed E-state index contributed by atoms with van der Waals surface area (Å²) in [6.07, 6.45) is 1.70. The smallest absolute Gasteiger partial charge is 0.271 e. The van der Waals surface area contributed by atoms with E-state index in [1.165, 1.54) is 30.0 Å². The summed E-state index contributed by atoms with van der Waals surface area (Å²) in [4.78, 5) is 42.4. The van der Waals surface area contributed by atoms with E-state index in [1.54, 1.807) is 4.90 Å². The summed E-state index contributed by atoms with van der Waals surface area (Å²) < 4.78 is 5.45. The van der Waals surface area contributed by atoms with Gasteiger partial charge in [-0.25, -0.2) is 4.99 Å². The number of non-ortho nitro benzene ring substituents is 1. The number of halogens is 1. The van der Waals surface area contributed by atoms with E-state index in [0.717, 1.165) is 18.6 Å². The van der Waals surface area contributed by atoms with E-state index in [1.807, 2.05) is 31.2 Å². The van der Waals surface area contributed by atoms with Crippen molar-refractivity contribution in [2.75, 3.05) is 11.9 Å². The molecule has 4 rings (SSSR count). The molecule has 2 amide bonds. The molecule has 0 bridgehead atoms. The van der Waals surface area contributed by atoms with Gasteiger partial charge >= 0.3 is 0 Å². The van der Waals surface area contributed by atoms with Crippen molar-refractivity contribution in [3.05, 3.63) is 57.6 Å². The maximum atomic E-state index is 13.0. The first-order chi connectivity index (χ1) is 15.9. The van der Waals surface area contributed by atoms with E-state index in [2.05, 4.69) is 10.3 Å². The fourth-order valence-corrected chi connectivity index (χ4v) is 4.73. The Morgan fingerprint density at radius 3 is 2.67 bits per heavy atom. The summed E-state index contributed by atoms with van der Waals surface area (Å²) in [6, 6.07) is 11.2. The second-order valence-corrected chi connectivity index (χ2v) is 9.12. The minimum absolute atomic E-state index is 0.103. The van der Waals surface area contributed by atoms with Crippen LogP contribution in [0.4, 0.5) is 17.1 Å². The first kappa shape index (κ1) is 23.1. The van der Waals surface area contributed by atoms with Crippen molar-refractivity contribution in [1.82, 2.24) is 4.90 Å². The van der Waals surface area contributed by atoms with Crippen LogP contribution >= 0.6 is 23.4 Å². The highest BCUT2D eigenvalue weighted by molar-refractivity contribution is 8.15. The van der Waals surface area contributed by atoms with Crippen molar-refractivity contribution >= 4 is 57.4 Å². The number of aliphatic imine (C=N–C) groups is 1. The largest absolute Gasteiger partial charge is 0.494 e. The predicted octanol–water partition coefficient (Wildman–Crippen LogP) is 4.77. The van der Waals surface area contributed by atoms with E-state index < -0.39 is 16.1 Å². The highest BCUT2D eigenvalue weighted by Crippen LogP contribution is 2.39. The number of hydrogen-bond acceptors (Lipinski definition) is 7. The van der Waals surface area contributed by atoms with E-state index >= 15 is 0 Å². The van der Waals surface area contributed by atoms with Gasteiger partial charge < -0.3 is 10.1 Å². The number of benzene rings is 2. The number of carbonyl (C=O) groups is 2. The van der Waals surface area contributed by atoms with E-state index in [4.69, 9.17) is 16.3 Å². The van der Waals surface area contributed by atoms with Gasteiger partial charge in [0.15, 0.2) is 5.17 Å². The third-order valence-corrected chi connectivity index (χ3v) is 6.54. The molecule has 1 heterocycles. The molecule has 2 aromatic rings. The molecular weight excluding hydrogens is 468 g/mol. The number of carbonyl (C=O) groups excluding carboxylic acids is 2. The Morgan fingerprint density at radius 1 is 1.30 bits per heavy atom. The molecule has 9 nitrogen and oxygen atoms in total. The van der Waals surface area contributed by atoms with Gasteiger partial charge in [-0.15, -0.1) is 0 Å². The summed E-state index contributed by atoms with van der Waals surface area (Å²) in [7, 11) is 0. The lowest BCUT2D eigenvalue weighted by atomic mass is 10.2. The third-order valence-electron chi connectivity index (χ3n) is 5.06. The number of ether oxygens (including phenoxy) is 1. The SMILES string of the molecule is CCOc1ccc(N=C2SC(CC(=O)Nc3cc([N+](=O)[O-])ccc3Cl)C(=O)N2C2CC2)cc1. The number of anilines is 1. The van der Waals surface area contributed by atoms with Gasteiger partial charge in [0.25, 0.3) is 5.69 Å². The number of nitro groups is 1. The van der Waals surface area contributed by atoms with Crippen LogP contribution in [0, 0.1) is 10.1 Å². The molecule has 1 unspecified atom stereocenters. The topological polar surface area (TPSA) is 114 Å². The van der Waals surface area contributed by atoms with Gasteiger partial charge in [0.2, 0.25) is 11.8 Å². The molecule has 1 aliphatic carbocycles. The normalized spacial score (nSPS) is 19.1. The van der Waals surface area contributed by atoms with Crippen LogP contribution in [0.1, 0.15) is 26.2 Å². The molecule has 0 radical (unpaired) electrons. The lowest BCUT2D eigenvalue weighted by Gasteiger charge is -2.15. The Bertz CT molecular complexity index is 1120. The van der Waals surface area contributed by atoms with Gasteiger partial charge in [0.05, 0.1) is 27.9 Å². The monoisotopic (exact) mass is 488 g/mol. The molecule has 1 N–H and O–H groups in total. The zero-order valence-electron chi connectivity index (χ0n) is 17.7. The minimum Gasteiger partial charge on any atom is -0.494 e. The van der Waals surface area contributed by atoms with Crippen molar-refractivity contribution in [1.29, 1.82) is 0 Å². The van der Waals surface area contributed by atoms with Crippen LogP contribution in [0.25, 0.3) is 0 Å². The fourth-order valence-electron chi connectivity index (χ4n) is 3.35. The number of rotatable bonds is 8. The molecule has 2 aromatic carbocycles. The standard InChI is InChI=1S/C22H21ClN4O5S/c1-2-32-16-8-3-13(4-9-16)24-22-26(14-5-6-14)21(29)19(33-22)12-20(28)25-18-11-15(27(30)31)7-10-17(18)23/h3-4,7-11,14,19H,2,5-6,12H2,1H3,(H,25,28). The molecule has 2 aliphatic rings. The van der Waals surface area contributed by atoms with Crippen molar-refractivity contribution < 1.29 is 19.2 Å². The van der Waals surface area contributed by atoms with Gasteiger partial charge in [-0.05, 0) is 50.1 Å². The van der Waals surface area contributed by atoms with E-state index in [9.17, 15) is 19.7 Å². The lowest BCUT2D eigenvalue weighted by molar-refractivity contribution is -0.384. The molecule has 33 heavy (non-hydrogen) atoms. The van der Waals surface area contributed by atoms with Crippen LogP contribution in [-0.4, -0.2) is 44.7 Å². The van der Waals surface area contributed by atoms with Gasteiger partial charge in [-0.3, -0.25) is 24.6 Å². The van der Waals surface area contributed by atoms with Gasteiger partial charge in [-0.1, -0.05) is 23.4 Å². The van der Waals surface area contributed by atoms with Crippen LogP contribution in [0.2, 0.25) is 5.02 Å². The Hall–Kier alpha value is -3.11. The average molecular weight is 489 g/mol. The number of nitrogens with one attached hydrogen (secondary N) is 1. The number of hydrogen-bond donors (Lipinski definition) is 1. The number of thioether (sulfide) groups is 1. The van der Waals surface area contributed by atoms with Gasteiger partial charge in [-0.2, -0.15) is 0 Å². The van der Waals surface area contributed by atoms with Crippen molar-refractivity contribution in [2.45, 2.75) is 37.5 Å². The first-order valence-corrected chi connectivity index (χ1v) is 11.7. The number of nitrogens with zero attached hydrogens (tertiary/aromatic N) is 3. The van der Waals surface area contributed by atoms with Gasteiger partial charge in [0, 0.05) is 24.6 Å². The van der Waals surface area contributed by atoms with Crippen LogP contribution in [-0.2, 0) is 9.59 Å². The Balaban J connectivity index is 1.47. The molecule has 2 fully saturated rings. The highest BCUT2D eigenvalue weighted by Gasteiger charge is 2.46. The van der Waals surface area contributed by atoms with Crippen LogP contribution in [0.15, 0.2) is 47.5 Å². The van der Waals surface area contributed by atoms with Crippen molar-refractivity contribution in [3.8, 4) is 5.75 Å². The Labute approximate surface area is 199 Å². The van der Waals surface area contributed by atoms with Crippen molar-refractivity contribution in [3.63, 3.8) is 0 Å². The van der Waals surface area contributed by atoms with Crippen LogP contribution < -0.4 is 10.1 Å². The summed E-state index contributed by atoms with van der Waals surface area (Å²) in [5, 5.41) is 13.7. The highest BCUT2D eigenvalue weighted by atomic mass is 35.5. The second kappa shape index (κ2) is 9.80.